The monoisotopic (exact) mass is 231 g/mol. The number of hydrogen-bond donors (Lipinski definition) is 0. The summed E-state index contributed by atoms with van der Waals surface area (Å²) < 4.78 is 4.69. The van der Waals surface area contributed by atoms with Crippen molar-refractivity contribution in [2.24, 2.45) is 4.99 Å². The first-order valence-corrected chi connectivity index (χ1v) is 6.04. The number of nitrogens with zero attached hydrogens (tertiary/aromatic N) is 1. The van der Waals surface area contributed by atoms with Gasteiger partial charge in [-0.05, 0) is 24.5 Å². The molecule has 0 atom stereocenters. The summed E-state index contributed by atoms with van der Waals surface area (Å²) in [6.07, 6.45) is 5.20. The Morgan fingerprint density at radius 2 is 1.94 bits per heavy atom. The van der Waals surface area contributed by atoms with E-state index < -0.39 is 0 Å². The number of aliphatic imine (C=N–C) groups is 1. The molecule has 0 N–H and O–H groups in total. The van der Waals surface area contributed by atoms with E-state index in [2.05, 4.69) is 49.2 Å². The lowest BCUT2D eigenvalue weighted by Crippen LogP contribution is -1.82. The van der Waals surface area contributed by atoms with Crippen molar-refractivity contribution in [3.05, 3.63) is 41.5 Å². The summed E-state index contributed by atoms with van der Waals surface area (Å²) in [5.41, 5.74) is 3.81. The molecule has 92 valence electrons. The summed E-state index contributed by atoms with van der Waals surface area (Å²) in [5, 5.41) is 0. The van der Waals surface area contributed by atoms with Crippen molar-refractivity contribution in [1.29, 1.82) is 0 Å². The molecule has 1 aliphatic rings. The Labute approximate surface area is 104 Å². The van der Waals surface area contributed by atoms with Crippen LogP contribution >= 0.6 is 0 Å². The van der Waals surface area contributed by atoms with Gasteiger partial charge in [0.15, 0.2) is 0 Å². The molecule has 1 heterocycles. The highest BCUT2D eigenvalue weighted by Crippen LogP contribution is 2.15. The zero-order chi connectivity index (χ0) is 12.5. The van der Waals surface area contributed by atoms with E-state index in [1.54, 1.807) is 7.11 Å². The molecule has 0 saturated heterocycles. The largest absolute Gasteiger partial charge is 0.385 e. The second-order valence-electron chi connectivity index (χ2n) is 4.01. The first kappa shape index (κ1) is 13.7. The number of allylic oxidation sites excluding steroid dienone is 1. The lowest BCUT2D eigenvalue weighted by molar-refractivity contribution is 0.199. The molecular weight excluding hydrogens is 210 g/mol. The van der Waals surface area contributed by atoms with E-state index in [1.165, 1.54) is 16.7 Å². The van der Waals surface area contributed by atoms with Crippen LogP contribution in [0.25, 0.3) is 5.57 Å². The minimum absolute atomic E-state index is 0.837. The Morgan fingerprint density at radius 3 is 2.35 bits per heavy atom. The van der Waals surface area contributed by atoms with Crippen molar-refractivity contribution in [3.8, 4) is 0 Å². The quantitative estimate of drug-likeness (QED) is 0.780. The summed E-state index contributed by atoms with van der Waals surface area (Å²) in [6.45, 7) is 5.91. The maximum Gasteiger partial charge on any atom is 0.0580 e. The van der Waals surface area contributed by atoms with Crippen molar-refractivity contribution in [3.63, 3.8) is 0 Å². The summed E-state index contributed by atoms with van der Waals surface area (Å²) in [7, 11) is 1.71. The predicted octanol–water partition coefficient (Wildman–Crippen LogP) is 3.51. The number of methoxy groups -OCH3 is 1. The van der Waals surface area contributed by atoms with E-state index in [4.69, 9.17) is 4.74 Å². The van der Waals surface area contributed by atoms with Crippen LogP contribution in [0.1, 0.15) is 24.5 Å². The van der Waals surface area contributed by atoms with Crippen molar-refractivity contribution in [2.75, 3.05) is 20.3 Å². The summed E-state index contributed by atoms with van der Waals surface area (Å²) in [4.78, 5) is 4.15. The van der Waals surface area contributed by atoms with E-state index >= 15 is 0 Å². The number of aryl methyl sites for hydroxylation is 1. The van der Waals surface area contributed by atoms with Gasteiger partial charge < -0.3 is 4.74 Å². The van der Waals surface area contributed by atoms with Gasteiger partial charge in [0.2, 0.25) is 0 Å². The van der Waals surface area contributed by atoms with Crippen LogP contribution in [0.4, 0.5) is 0 Å². The topological polar surface area (TPSA) is 21.6 Å². The molecule has 2 rings (SSSR count). The molecule has 1 aliphatic heterocycles. The summed E-state index contributed by atoms with van der Waals surface area (Å²) in [6, 6.07) is 8.53. The van der Waals surface area contributed by atoms with Gasteiger partial charge in [-0.25, -0.2) is 0 Å². The average Bonchev–Trinajstić information content (AvgIpc) is 2.85. The van der Waals surface area contributed by atoms with Crippen LogP contribution in [0.5, 0.6) is 0 Å². The summed E-state index contributed by atoms with van der Waals surface area (Å²) in [5.74, 6) is 0. The van der Waals surface area contributed by atoms with E-state index in [9.17, 15) is 0 Å². The van der Waals surface area contributed by atoms with Gasteiger partial charge in [0.05, 0.1) is 6.54 Å². The minimum Gasteiger partial charge on any atom is -0.385 e. The van der Waals surface area contributed by atoms with Gasteiger partial charge in [-0.15, -0.1) is 0 Å². The first-order valence-electron chi connectivity index (χ1n) is 6.04. The molecule has 2 heteroatoms. The zero-order valence-electron chi connectivity index (χ0n) is 10.9. The number of benzene rings is 1. The van der Waals surface area contributed by atoms with Gasteiger partial charge in [-0.3, -0.25) is 4.99 Å². The second-order valence-corrected chi connectivity index (χ2v) is 4.01. The third-order valence-electron chi connectivity index (χ3n) is 2.44. The average molecular weight is 231 g/mol. The Morgan fingerprint density at radius 1 is 1.24 bits per heavy atom. The smallest absolute Gasteiger partial charge is 0.0580 e. The van der Waals surface area contributed by atoms with Crippen LogP contribution in [0, 0.1) is 6.92 Å². The van der Waals surface area contributed by atoms with Gasteiger partial charge in [-0.2, -0.15) is 0 Å². The SMILES string of the molecule is CCCOC.Cc1ccc(C2=CCN=C2)cc1. The Balaban J connectivity index is 0.000000249. The van der Waals surface area contributed by atoms with Gasteiger partial charge in [0.1, 0.15) is 0 Å². The minimum atomic E-state index is 0.837. The molecule has 2 nitrogen and oxygen atoms in total. The van der Waals surface area contributed by atoms with Crippen molar-refractivity contribution < 1.29 is 4.74 Å². The van der Waals surface area contributed by atoms with Crippen LogP contribution in [0.3, 0.4) is 0 Å². The highest BCUT2D eigenvalue weighted by atomic mass is 16.5. The van der Waals surface area contributed by atoms with E-state index in [0.717, 1.165) is 19.6 Å². The van der Waals surface area contributed by atoms with Crippen LogP contribution in [0.15, 0.2) is 35.3 Å². The molecule has 0 fully saturated rings. The number of rotatable bonds is 3. The van der Waals surface area contributed by atoms with Crippen LogP contribution in [0.2, 0.25) is 0 Å². The molecule has 17 heavy (non-hydrogen) atoms. The van der Waals surface area contributed by atoms with Gasteiger partial charge in [-0.1, -0.05) is 42.8 Å². The van der Waals surface area contributed by atoms with Gasteiger partial charge >= 0.3 is 0 Å². The van der Waals surface area contributed by atoms with E-state index in [-0.39, 0.29) is 0 Å². The maximum atomic E-state index is 4.69. The molecular formula is C15H21NO. The van der Waals surface area contributed by atoms with Crippen LogP contribution in [-0.4, -0.2) is 26.5 Å². The molecule has 1 aromatic rings. The van der Waals surface area contributed by atoms with E-state index in [1.807, 2.05) is 6.21 Å². The molecule has 0 unspecified atom stereocenters. The summed E-state index contributed by atoms with van der Waals surface area (Å²) >= 11 is 0. The predicted molar refractivity (Wildman–Crippen MR) is 74.7 cm³/mol. The molecule has 0 radical (unpaired) electrons. The molecule has 0 saturated carbocycles. The Bertz CT molecular complexity index is 374. The molecule has 0 aliphatic carbocycles. The fourth-order valence-electron chi connectivity index (χ4n) is 1.50. The Kier molecular flexibility index (Phi) is 6.26. The molecule has 1 aromatic carbocycles. The normalized spacial score (nSPS) is 13.0. The molecule has 0 aromatic heterocycles. The molecule has 0 spiro atoms. The highest BCUT2D eigenvalue weighted by Gasteiger charge is 2.00. The first-order chi connectivity index (χ1) is 8.27. The number of ether oxygens (including phenoxy) is 1. The van der Waals surface area contributed by atoms with Crippen molar-refractivity contribution in [2.45, 2.75) is 20.3 Å². The molecule has 0 bridgehead atoms. The number of hydrogen-bond acceptors (Lipinski definition) is 2. The zero-order valence-corrected chi connectivity index (χ0v) is 10.9. The third kappa shape index (κ3) is 4.96. The van der Waals surface area contributed by atoms with Crippen LogP contribution in [-0.2, 0) is 4.74 Å². The standard InChI is InChI=1S/C11H11N.C4H10O/c1-9-2-4-10(5-3-9)11-6-7-12-8-11;1-3-4-5-2/h2-6,8H,7H2,1H3;3-4H2,1-2H3. The third-order valence-corrected chi connectivity index (χ3v) is 2.44. The van der Waals surface area contributed by atoms with Gasteiger partial charge in [0, 0.05) is 19.9 Å². The lowest BCUT2D eigenvalue weighted by atomic mass is 10.1. The van der Waals surface area contributed by atoms with E-state index in [0.29, 0.717) is 0 Å². The van der Waals surface area contributed by atoms with Crippen molar-refractivity contribution >= 4 is 11.8 Å². The lowest BCUT2D eigenvalue weighted by Gasteiger charge is -1.98. The second kappa shape index (κ2) is 7.80. The maximum absolute atomic E-state index is 4.69. The van der Waals surface area contributed by atoms with Crippen molar-refractivity contribution in [1.82, 2.24) is 0 Å². The van der Waals surface area contributed by atoms with Gasteiger partial charge in [0.25, 0.3) is 0 Å². The molecule has 0 amide bonds. The highest BCUT2D eigenvalue weighted by molar-refractivity contribution is 6.11. The fourth-order valence-corrected chi connectivity index (χ4v) is 1.50. The Hall–Kier alpha value is -1.41. The fraction of sp³-hybridized carbons (Fsp3) is 0.400. The van der Waals surface area contributed by atoms with Crippen LogP contribution < -0.4 is 0 Å².